The Morgan fingerprint density at radius 1 is 1.60 bits per heavy atom. The van der Waals surface area contributed by atoms with E-state index < -0.39 is 0 Å². The molecule has 1 rings (SSSR count). The Hall–Kier alpha value is -0.430. The molecular weight excluding hydrogens is 148 g/mol. The maximum Gasteiger partial charge on any atom is 0.111 e. The third-order valence-electron chi connectivity index (χ3n) is 1.67. The molecule has 56 valence electrons. The second kappa shape index (κ2) is 2.31. The minimum Gasteiger partial charge on any atom is -0.508 e. The number of alkyl halides is 1. The Labute approximate surface area is 66.0 Å². The van der Waals surface area contributed by atoms with E-state index >= 15 is 0 Å². The molecule has 2 heteroatoms. The standard InChI is InChI=1S/C8H11ClO/c1-8(2)5-6(10)3-4-7(8)9/h3-5,7,10H,1-2H3. The Morgan fingerprint density at radius 2 is 2.20 bits per heavy atom. The summed E-state index contributed by atoms with van der Waals surface area (Å²) in [6.45, 7) is 3.98. The first-order valence-corrected chi connectivity index (χ1v) is 3.70. The Kier molecular flexibility index (Phi) is 1.78. The molecule has 1 unspecified atom stereocenters. The third-order valence-corrected chi connectivity index (χ3v) is 2.37. The number of hydrogen-bond donors (Lipinski definition) is 1. The summed E-state index contributed by atoms with van der Waals surface area (Å²) in [7, 11) is 0. The minimum absolute atomic E-state index is 0.0107. The van der Waals surface area contributed by atoms with E-state index in [2.05, 4.69) is 0 Å². The van der Waals surface area contributed by atoms with E-state index in [0.717, 1.165) is 0 Å². The van der Waals surface area contributed by atoms with Crippen molar-refractivity contribution in [2.24, 2.45) is 5.41 Å². The lowest BCUT2D eigenvalue weighted by molar-refractivity contribution is 0.391. The minimum atomic E-state index is -0.125. The van der Waals surface area contributed by atoms with Crippen molar-refractivity contribution >= 4 is 11.6 Å². The Morgan fingerprint density at radius 3 is 2.60 bits per heavy atom. The first-order valence-electron chi connectivity index (χ1n) is 3.26. The van der Waals surface area contributed by atoms with Crippen molar-refractivity contribution < 1.29 is 5.11 Å². The van der Waals surface area contributed by atoms with Gasteiger partial charge >= 0.3 is 0 Å². The molecule has 1 nitrogen and oxygen atoms in total. The molecule has 0 radical (unpaired) electrons. The van der Waals surface area contributed by atoms with Gasteiger partial charge in [0.2, 0.25) is 0 Å². The van der Waals surface area contributed by atoms with Gasteiger partial charge in [0.05, 0.1) is 5.38 Å². The van der Waals surface area contributed by atoms with Crippen LogP contribution in [0.4, 0.5) is 0 Å². The zero-order valence-electron chi connectivity index (χ0n) is 6.13. The van der Waals surface area contributed by atoms with Crippen LogP contribution in [0.15, 0.2) is 24.0 Å². The highest BCUT2D eigenvalue weighted by Crippen LogP contribution is 2.32. The number of aliphatic hydroxyl groups excluding tert-OH is 1. The van der Waals surface area contributed by atoms with Gasteiger partial charge in [-0.05, 0) is 12.2 Å². The molecule has 0 aromatic heterocycles. The van der Waals surface area contributed by atoms with Crippen molar-refractivity contribution in [3.05, 3.63) is 24.0 Å². The largest absolute Gasteiger partial charge is 0.508 e. The summed E-state index contributed by atoms with van der Waals surface area (Å²) in [5, 5.41) is 9.07. The molecule has 0 aromatic carbocycles. The molecule has 10 heavy (non-hydrogen) atoms. The van der Waals surface area contributed by atoms with Crippen LogP contribution in [-0.4, -0.2) is 10.5 Å². The first kappa shape index (κ1) is 7.67. The second-order valence-electron chi connectivity index (χ2n) is 3.15. The van der Waals surface area contributed by atoms with Crippen LogP contribution in [0.25, 0.3) is 0 Å². The summed E-state index contributed by atoms with van der Waals surface area (Å²) in [6, 6.07) is 0. The van der Waals surface area contributed by atoms with Crippen LogP contribution in [0.1, 0.15) is 13.8 Å². The van der Waals surface area contributed by atoms with Gasteiger partial charge in [-0.3, -0.25) is 0 Å². The fraction of sp³-hybridized carbons (Fsp3) is 0.500. The molecule has 0 fully saturated rings. The summed E-state index contributed by atoms with van der Waals surface area (Å²) >= 11 is 5.93. The highest BCUT2D eigenvalue weighted by Gasteiger charge is 2.26. The number of allylic oxidation sites excluding steroid dienone is 3. The molecule has 1 N–H and O–H groups in total. The van der Waals surface area contributed by atoms with Gasteiger partial charge in [0.15, 0.2) is 0 Å². The van der Waals surface area contributed by atoms with Crippen LogP contribution in [0, 0.1) is 5.41 Å². The zero-order valence-corrected chi connectivity index (χ0v) is 6.89. The average molecular weight is 159 g/mol. The highest BCUT2D eigenvalue weighted by molar-refractivity contribution is 6.22. The zero-order chi connectivity index (χ0) is 7.78. The van der Waals surface area contributed by atoms with Crippen LogP contribution in [0.2, 0.25) is 0 Å². The molecule has 0 aliphatic heterocycles. The fourth-order valence-corrected chi connectivity index (χ4v) is 1.08. The second-order valence-corrected chi connectivity index (χ2v) is 3.62. The smallest absolute Gasteiger partial charge is 0.111 e. The summed E-state index contributed by atoms with van der Waals surface area (Å²) in [4.78, 5) is 0. The lowest BCUT2D eigenvalue weighted by atomic mass is 9.85. The first-order chi connectivity index (χ1) is 4.52. The van der Waals surface area contributed by atoms with Gasteiger partial charge < -0.3 is 5.11 Å². The Balaban J connectivity index is 2.88. The molecule has 1 aliphatic rings. The van der Waals surface area contributed by atoms with Crippen molar-refractivity contribution in [1.29, 1.82) is 0 Å². The predicted octanol–water partition coefficient (Wildman–Crippen LogP) is 2.63. The van der Waals surface area contributed by atoms with Gasteiger partial charge in [-0.25, -0.2) is 0 Å². The van der Waals surface area contributed by atoms with E-state index in [1.54, 1.807) is 18.2 Å². The predicted molar refractivity (Wildman–Crippen MR) is 43.3 cm³/mol. The van der Waals surface area contributed by atoms with Crippen LogP contribution < -0.4 is 0 Å². The van der Waals surface area contributed by atoms with E-state index in [4.69, 9.17) is 16.7 Å². The van der Waals surface area contributed by atoms with Gasteiger partial charge in [0.1, 0.15) is 5.76 Å². The van der Waals surface area contributed by atoms with E-state index in [-0.39, 0.29) is 10.8 Å². The molecule has 1 atom stereocenters. The number of halogens is 1. The number of rotatable bonds is 0. The van der Waals surface area contributed by atoms with Gasteiger partial charge in [-0.2, -0.15) is 0 Å². The molecule has 0 saturated heterocycles. The maximum absolute atomic E-state index is 9.08. The number of aliphatic hydroxyl groups is 1. The lowest BCUT2D eigenvalue weighted by Crippen LogP contribution is -2.23. The van der Waals surface area contributed by atoms with E-state index in [1.807, 2.05) is 13.8 Å². The summed E-state index contributed by atoms with van der Waals surface area (Å²) in [5.74, 6) is 0.307. The summed E-state index contributed by atoms with van der Waals surface area (Å²) < 4.78 is 0. The van der Waals surface area contributed by atoms with Crippen molar-refractivity contribution in [3.63, 3.8) is 0 Å². The molecule has 0 bridgehead atoms. The molecule has 0 saturated carbocycles. The fourth-order valence-electron chi connectivity index (χ4n) is 0.940. The summed E-state index contributed by atoms with van der Waals surface area (Å²) in [6.07, 6.45) is 5.20. The summed E-state index contributed by atoms with van der Waals surface area (Å²) in [5.41, 5.74) is -0.125. The van der Waals surface area contributed by atoms with Crippen molar-refractivity contribution in [1.82, 2.24) is 0 Å². The number of hydrogen-bond acceptors (Lipinski definition) is 1. The van der Waals surface area contributed by atoms with Gasteiger partial charge in [-0.1, -0.05) is 19.9 Å². The molecule has 0 aromatic rings. The molecular formula is C8H11ClO. The van der Waals surface area contributed by atoms with Crippen molar-refractivity contribution in [3.8, 4) is 0 Å². The van der Waals surface area contributed by atoms with Gasteiger partial charge in [0.25, 0.3) is 0 Å². The van der Waals surface area contributed by atoms with E-state index in [9.17, 15) is 0 Å². The molecule has 1 aliphatic carbocycles. The lowest BCUT2D eigenvalue weighted by Gasteiger charge is -2.26. The topological polar surface area (TPSA) is 20.2 Å². The highest BCUT2D eigenvalue weighted by atomic mass is 35.5. The SMILES string of the molecule is CC1(C)C=C(O)C=CC1Cl. The molecule has 0 heterocycles. The van der Waals surface area contributed by atoms with Crippen LogP contribution in [0.5, 0.6) is 0 Å². The monoisotopic (exact) mass is 158 g/mol. The third kappa shape index (κ3) is 1.35. The average Bonchev–Trinajstić information content (AvgIpc) is 1.78. The van der Waals surface area contributed by atoms with Crippen LogP contribution >= 0.6 is 11.6 Å². The van der Waals surface area contributed by atoms with Crippen molar-refractivity contribution in [2.75, 3.05) is 0 Å². The van der Waals surface area contributed by atoms with Gasteiger partial charge in [0, 0.05) is 5.41 Å². The van der Waals surface area contributed by atoms with Crippen molar-refractivity contribution in [2.45, 2.75) is 19.2 Å². The van der Waals surface area contributed by atoms with Crippen LogP contribution in [0.3, 0.4) is 0 Å². The van der Waals surface area contributed by atoms with E-state index in [1.165, 1.54) is 0 Å². The van der Waals surface area contributed by atoms with Crippen LogP contribution in [-0.2, 0) is 0 Å². The maximum atomic E-state index is 9.08. The quantitative estimate of drug-likeness (QED) is 0.538. The van der Waals surface area contributed by atoms with Gasteiger partial charge in [-0.15, -0.1) is 11.6 Å². The van der Waals surface area contributed by atoms with E-state index in [0.29, 0.717) is 5.76 Å². The normalized spacial score (nSPS) is 29.9. The molecule has 0 amide bonds. The Bertz CT molecular complexity index is 191. The molecule has 0 spiro atoms.